The molecule has 0 aromatic carbocycles. The number of hydrogen-bond donors (Lipinski definition) is 1. The molecule has 0 fully saturated rings. The molecule has 0 rings (SSSR count). The maximum Gasteiger partial charge on any atom is 0.472 e. The molecule has 2 atom stereocenters. The summed E-state index contributed by atoms with van der Waals surface area (Å²) in [5.74, 6) is -0.327. The number of carbonyl (C=O) groups excluding carboxylic acids is 1. The van der Waals surface area contributed by atoms with Gasteiger partial charge in [0.2, 0.25) is 0 Å². The van der Waals surface area contributed by atoms with Crippen LogP contribution >= 0.6 is 7.82 Å². The van der Waals surface area contributed by atoms with Gasteiger partial charge < -0.3 is 18.9 Å². The first-order valence-corrected chi connectivity index (χ1v) is 20.6. The molecule has 278 valence electrons. The second kappa shape index (κ2) is 32.2. The zero-order valence-electron chi connectivity index (χ0n) is 31.3. The van der Waals surface area contributed by atoms with Gasteiger partial charge in [-0.25, -0.2) is 4.57 Å². The maximum atomic E-state index is 12.6. The molecule has 9 heteroatoms. The summed E-state index contributed by atoms with van der Waals surface area (Å²) in [6.07, 6.45) is 33.4. The number of rotatable bonds is 35. The van der Waals surface area contributed by atoms with Crippen LogP contribution in [0, 0.1) is 0 Å². The third kappa shape index (κ3) is 36.1. The highest BCUT2D eigenvalue weighted by atomic mass is 31.2. The third-order valence-electron chi connectivity index (χ3n) is 7.99. The number of ether oxygens (including phenoxy) is 2. The monoisotopic (exact) mass is 689 g/mol. The fourth-order valence-electron chi connectivity index (χ4n) is 4.95. The van der Waals surface area contributed by atoms with Crippen molar-refractivity contribution >= 4 is 13.8 Å². The first-order valence-electron chi connectivity index (χ1n) is 19.1. The van der Waals surface area contributed by atoms with Crippen molar-refractivity contribution in [2.75, 3.05) is 54.1 Å². The highest BCUT2D eigenvalue weighted by Crippen LogP contribution is 2.43. The van der Waals surface area contributed by atoms with Crippen LogP contribution in [-0.4, -0.2) is 75.6 Å². The lowest BCUT2D eigenvalue weighted by atomic mass is 10.1. The molecule has 0 amide bonds. The van der Waals surface area contributed by atoms with Crippen LogP contribution in [0.2, 0.25) is 0 Å². The normalized spacial score (nSPS) is 14.3. The van der Waals surface area contributed by atoms with Crippen molar-refractivity contribution in [3.05, 3.63) is 24.3 Å². The van der Waals surface area contributed by atoms with Crippen LogP contribution in [0.1, 0.15) is 155 Å². The summed E-state index contributed by atoms with van der Waals surface area (Å²) in [5, 5.41) is 0. The number of unbranched alkanes of at least 4 members (excludes halogenated alkanes) is 17. The Morgan fingerprint density at radius 3 is 1.62 bits per heavy atom. The molecule has 0 heterocycles. The van der Waals surface area contributed by atoms with Gasteiger partial charge in [-0.15, -0.1) is 0 Å². The Morgan fingerprint density at radius 2 is 1.11 bits per heavy atom. The van der Waals surface area contributed by atoms with E-state index >= 15 is 0 Å². The second-order valence-electron chi connectivity index (χ2n) is 13.9. The molecule has 2 unspecified atom stereocenters. The number of allylic oxidation sites excluding steroid dienone is 4. The van der Waals surface area contributed by atoms with Crippen LogP contribution in [0.25, 0.3) is 0 Å². The van der Waals surface area contributed by atoms with Gasteiger partial charge in [0.25, 0.3) is 0 Å². The Kier molecular flexibility index (Phi) is 31.5. The Morgan fingerprint density at radius 1 is 0.638 bits per heavy atom. The molecular weight excluding hydrogens is 613 g/mol. The van der Waals surface area contributed by atoms with Crippen molar-refractivity contribution in [2.45, 2.75) is 161 Å². The first-order chi connectivity index (χ1) is 22.6. The smallest absolute Gasteiger partial charge is 0.457 e. The fourth-order valence-corrected chi connectivity index (χ4v) is 5.69. The average molecular weight is 689 g/mol. The minimum atomic E-state index is -4.27. The van der Waals surface area contributed by atoms with Crippen molar-refractivity contribution < 1.29 is 37.3 Å². The van der Waals surface area contributed by atoms with Gasteiger partial charge in [-0.1, -0.05) is 109 Å². The fraction of sp³-hybridized carbons (Fsp3) is 0.868. The summed E-state index contributed by atoms with van der Waals surface area (Å²) in [4.78, 5) is 22.7. The number of quaternary nitrogens is 1. The summed E-state index contributed by atoms with van der Waals surface area (Å²) >= 11 is 0. The van der Waals surface area contributed by atoms with E-state index in [0.29, 0.717) is 24.1 Å². The van der Waals surface area contributed by atoms with E-state index in [4.69, 9.17) is 18.5 Å². The second-order valence-corrected chi connectivity index (χ2v) is 15.4. The van der Waals surface area contributed by atoms with E-state index in [0.717, 1.165) is 44.9 Å². The number of phosphoric ester groups is 1. The van der Waals surface area contributed by atoms with Gasteiger partial charge in [0.15, 0.2) is 0 Å². The minimum absolute atomic E-state index is 0.0865. The molecule has 0 aliphatic carbocycles. The van der Waals surface area contributed by atoms with Crippen LogP contribution < -0.4 is 0 Å². The molecule has 47 heavy (non-hydrogen) atoms. The van der Waals surface area contributed by atoms with Crippen molar-refractivity contribution in [1.82, 2.24) is 0 Å². The predicted molar refractivity (Wildman–Crippen MR) is 197 cm³/mol. The van der Waals surface area contributed by atoms with Gasteiger partial charge in [0.1, 0.15) is 19.3 Å². The van der Waals surface area contributed by atoms with Crippen molar-refractivity contribution in [3.63, 3.8) is 0 Å². The van der Waals surface area contributed by atoms with E-state index in [1.807, 2.05) is 21.1 Å². The van der Waals surface area contributed by atoms with Crippen LogP contribution in [0.3, 0.4) is 0 Å². The summed E-state index contributed by atoms with van der Waals surface area (Å²) in [5.41, 5.74) is 0. The van der Waals surface area contributed by atoms with Gasteiger partial charge >= 0.3 is 13.8 Å². The number of carbonyl (C=O) groups is 1. The average Bonchev–Trinajstić information content (AvgIpc) is 3.01. The van der Waals surface area contributed by atoms with Gasteiger partial charge in [-0.05, 0) is 64.2 Å². The van der Waals surface area contributed by atoms with Gasteiger partial charge in [-0.3, -0.25) is 13.8 Å². The molecule has 0 saturated heterocycles. The lowest BCUT2D eigenvalue weighted by Gasteiger charge is -2.24. The first kappa shape index (κ1) is 46.0. The van der Waals surface area contributed by atoms with E-state index in [-0.39, 0.29) is 25.8 Å². The van der Waals surface area contributed by atoms with Crippen LogP contribution in [-0.2, 0) is 27.9 Å². The zero-order valence-corrected chi connectivity index (χ0v) is 32.2. The number of nitrogens with zero attached hydrogens (tertiary/aromatic N) is 1. The topological polar surface area (TPSA) is 91.3 Å². The van der Waals surface area contributed by atoms with Crippen molar-refractivity contribution in [2.24, 2.45) is 0 Å². The largest absolute Gasteiger partial charge is 0.472 e. The molecule has 8 nitrogen and oxygen atoms in total. The quantitative estimate of drug-likeness (QED) is 0.0233. The van der Waals surface area contributed by atoms with Crippen molar-refractivity contribution in [1.29, 1.82) is 0 Å². The lowest BCUT2D eigenvalue weighted by Crippen LogP contribution is -2.37. The SMILES string of the molecule is CCCCC/C=C\CCCCCCCCOCC(COP(=O)(O)OCC[N+](C)(C)C)OC(=O)CCCCCCC/C=C\CCCCC. The molecular formula is C38H75NO7P+. The highest BCUT2D eigenvalue weighted by molar-refractivity contribution is 7.47. The Labute approximate surface area is 290 Å². The molecule has 0 aliphatic heterocycles. The summed E-state index contributed by atoms with van der Waals surface area (Å²) < 4.78 is 34.8. The Bertz CT molecular complexity index is 812. The third-order valence-corrected chi connectivity index (χ3v) is 8.97. The molecule has 1 N–H and O–H groups in total. The molecule has 0 saturated carbocycles. The standard InChI is InChI=1S/C38H74NO7P/c1-6-8-10-12-14-16-18-20-22-24-26-28-30-33-43-35-37(36-45-47(41,42)44-34-32-39(3,4)5)46-38(40)31-29-27-25-23-21-19-17-15-13-11-9-7-2/h14-17,37H,6-13,18-36H2,1-5H3/p+1/b16-14-,17-15-. The summed E-state index contributed by atoms with van der Waals surface area (Å²) in [7, 11) is 1.66. The van der Waals surface area contributed by atoms with Crippen molar-refractivity contribution in [3.8, 4) is 0 Å². The number of hydrogen-bond acceptors (Lipinski definition) is 6. The lowest BCUT2D eigenvalue weighted by molar-refractivity contribution is -0.870. The predicted octanol–water partition coefficient (Wildman–Crippen LogP) is 10.5. The van der Waals surface area contributed by atoms with E-state index in [1.54, 1.807) is 0 Å². The highest BCUT2D eigenvalue weighted by Gasteiger charge is 2.26. The van der Waals surface area contributed by atoms with Gasteiger partial charge in [0.05, 0.1) is 34.4 Å². The molecule has 0 spiro atoms. The Balaban J connectivity index is 4.33. The zero-order chi connectivity index (χ0) is 34.9. The summed E-state index contributed by atoms with van der Waals surface area (Å²) in [6, 6.07) is 0. The minimum Gasteiger partial charge on any atom is -0.457 e. The maximum absolute atomic E-state index is 12.6. The van der Waals surface area contributed by atoms with E-state index in [9.17, 15) is 14.3 Å². The number of esters is 1. The van der Waals surface area contributed by atoms with E-state index in [2.05, 4.69) is 38.2 Å². The van der Waals surface area contributed by atoms with Crippen LogP contribution in [0.4, 0.5) is 0 Å². The van der Waals surface area contributed by atoms with E-state index < -0.39 is 13.9 Å². The number of likely N-dealkylation sites (N-methyl/N-ethyl adjacent to an activating group) is 1. The molecule has 0 radical (unpaired) electrons. The molecule has 0 aromatic heterocycles. The molecule has 0 aliphatic rings. The Hall–Kier alpha value is -1.02. The van der Waals surface area contributed by atoms with Gasteiger partial charge in [-0.2, -0.15) is 0 Å². The van der Waals surface area contributed by atoms with E-state index in [1.165, 1.54) is 89.9 Å². The van der Waals surface area contributed by atoms with Crippen LogP contribution in [0.5, 0.6) is 0 Å². The van der Waals surface area contributed by atoms with Gasteiger partial charge in [0, 0.05) is 13.0 Å². The number of phosphoric acid groups is 1. The summed E-state index contributed by atoms with van der Waals surface area (Å²) in [6.45, 7) is 5.54. The van der Waals surface area contributed by atoms with Crippen LogP contribution in [0.15, 0.2) is 24.3 Å². The molecule has 0 aromatic rings. The molecule has 0 bridgehead atoms.